The minimum atomic E-state index is -0.00576. The van der Waals surface area contributed by atoms with Crippen LogP contribution in [0, 0.1) is 5.92 Å². The Hall–Kier alpha value is -1.61. The van der Waals surface area contributed by atoms with E-state index in [4.69, 9.17) is 0 Å². The standard InChI is InChI=1S/C18H21NOS/c1-2-4-13-6-8-14(9-7-13)17(16-5-3-12-21-16)19-18(20)15-10-11-15/h3,5-9,12,15,17H,2,4,10-11H2,1H3,(H,19,20). The van der Waals surface area contributed by atoms with Gasteiger partial charge in [0, 0.05) is 10.8 Å². The summed E-state index contributed by atoms with van der Waals surface area (Å²) in [5.74, 6) is 0.442. The third kappa shape index (κ3) is 3.53. The topological polar surface area (TPSA) is 29.1 Å². The molecule has 1 N–H and O–H groups in total. The van der Waals surface area contributed by atoms with Crippen molar-refractivity contribution in [2.24, 2.45) is 5.92 Å². The Morgan fingerprint density at radius 1 is 1.29 bits per heavy atom. The highest BCUT2D eigenvalue weighted by atomic mass is 32.1. The predicted octanol–water partition coefficient (Wildman–Crippen LogP) is 4.32. The third-order valence-electron chi connectivity index (χ3n) is 3.91. The van der Waals surface area contributed by atoms with Crippen molar-refractivity contribution >= 4 is 17.2 Å². The number of thiophene rings is 1. The molecule has 1 saturated carbocycles. The van der Waals surface area contributed by atoms with Gasteiger partial charge in [0.2, 0.25) is 5.91 Å². The molecular weight excluding hydrogens is 278 g/mol. The van der Waals surface area contributed by atoms with E-state index in [1.54, 1.807) is 11.3 Å². The fourth-order valence-corrected chi connectivity index (χ4v) is 3.35. The molecule has 1 amide bonds. The highest BCUT2D eigenvalue weighted by Gasteiger charge is 2.31. The van der Waals surface area contributed by atoms with Crippen molar-refractivity contribution in [3.05, 3.63) is 57.8 Å². The molecule has 2 aromatic rings. The Kier molecular flexibility index (Phi) is 4.39. The van der Waals surface area contributed by atoms with Gasteiger partial charge < -0.3 is 5.32 Å². The van der Waals surface area contributed by atoms with E-state index in [-0.39, 0.29) is 17.9 Å². The van der Waals surface area contributed by atoms with Gasteiger partial charge in [-0.25, -0.2) is 0 Å². The van der Waals surface area contributed by atoms with Crippen molar-refractivity contribution in [2.75, 3.05) is 0 Å². The predicted molar refractivity (Wildman–Crippen MR) is 87.5 cm³/mol. The molecule has 2 nitrogen and oxygen atoms in total. The molecule has 1 aliphatic rings. The maximum absolute atomic E-state index is 12.1. The lowest BCUT2D eigenvalue weighted by Crippen LogP contribution is -2.29. The number of aryl methyl sites for hydroxylation is 1. The van der Waals surface area contributed by atoms with E-state index in [2.05, 4.69) is 48.0 Å². The number of nitrogens with one attached hydrogen (secondary N) is 1. The molecule has 1 fully saturated rings. The number of benzene rings is 1. The molecule has 1 aromatic heterocycles. The van der Waals surface area contributed by atoms with Gasteiger partial charge in [-0.2, -0.15) is 0 Å². The number of hydrogen-bond acceptors (Lipinski definition) is 2. The first-order valence-electron chi connectivity index (χ1n) is 7.70. The first-order valence-corrected chi connectivity index (χ1v) is 8.58. The van der Waals surface area contributed by atoms with Crippen molar-refractivity contribution in [2.45, 2.75) is 38.6 Å². The summed E-state index contributed by atoms with van der Waals surface area (Å²) in [6, 6.07) is 12.8. The average Bonchev–Trinajstić information content (AvgIpc) is 3.22. The Bertz CT molecular complexity index is 584. The molecule has 21 heavy (non-hydrogen) atoms. The van der Waals surface area contributed by atoms with Crippen LogP contribution in [0.3, 0.4) is 0 Å². The molecule has 3 rings (SSSR count). The van der Waals surface area contributed by atoms with Crippen LogP contribution in [0.4, 0.5) is 0 Å². The van der Waals surface area contributed by atoms with Crippen molar-refractivity contribution in [1.82, 2.24) is 5.32 Å². The maximum atomic E-state index is 12.1. The minimum Gasteiger partial charge on any atom is -0.344 e. The summed E-state index contributed by atoms with van der Waals surface area (Å²) < 4.78 is 0. The van der Waals surface area contributed by atoms with Crippen molar-refractivity contribution < 1.29 is 4.79 Å². The lowest BCUT2D eigenvalue weighted by molar-refractivity contribution is -0.122. The molecule has 1 heterocycles. The molecular formula is C18H21NOS. The van der Waals surface area contributed by atoms with Crippen molar-refractivity contribution in [1.29, 1.82) is 0 Å². The van der Waals surface area contributed by atoms with Crippen LogP contribution in [0.25, 0.3) is 0 Å². The Balaban J connectivity index is 1.81. The van der Waals surface area contributed by atoms with E-state index in [0.717, 1.165) is 25.7 Å². The van der Waals surface area contributed by atoms with Gasteiger partial charge in [-0.3, -0.25) is 4.79 Å². The lowest BCUT2D eigenvalue weighted by atomic mass is 10.0. The molecule has 0 spiro atoms. The van der Waals surface area contributed by atoms with Gasteiger partial charge in [0.15, 0.2) is 0 Å². The van der Waals surface area contributed by atoms with Crippen LogP contribution in [0.15, 0.2) is 41.8 Å². The molecule has 1 aromatic carbocycles. The summed E-state index contributed by atoms with van der Waals surface area (Å²) in [5, 5.41) is 5.29. The Morgan fingerprint density at radius 3 is 2.62 bits per heavy atom. The lowest BCUT2D eigenvalue weighted by Gasteiger charge is -2.18. The number of hydrogen-bond donors (Lipinski definition) is 1. The summed E-state index contributed by atoms with van der Waals surface area (Å²) in [6.45, 7) is 2.19. The van der Waals surface area contributed by atoms with Crippen LogP contribution in [-0.2, 0) is 11.2 Å². The van der Waals surface area contributed by atoms with Crippen LogP contribution in [0.5, 0.6) is 0 Å². The summed E-state index contributed by atoms with van der Waals surface area (Å²) in [4.78, 5) is 13.3. The monoisotopic (exact) mass is 299 g/mol. The number of carbonyl (C=O) groups is 1. The fraction of sp³-hybridized carbons (Fsp3) is 0.389. The SMILES string of the molecule is CCCc1ccc(C(NC(=O)C2CC2)c2cccs2)cc1. The van der Waals surface area contributed by atoms with E-state index < -0.39 is 0 Å². The second-order valence-electron chi connectivity index (χ2n) is 5.72. The van der Waals surface area contributed by atoms with Crippen LogP contribution < -0.4 is 5.32 Å². The second kappa shape index (κ2) is 6.44. The molecule has 1 atom stereocenters. The third-order valence-corrected chi connectivity index (χ3v) is 4.85. The largest absolute Gasteiger partial charge is 0.344 e. The number of rotatable bonds is 6. The van der Waals surface area contributed by atoms with Gasteiger partial charge in [0.25, 0.3) is 0 Å². The van der Waals surface area contributed by atoms with Crippen LogP contribution in [0.1, 0.15) is 48.2 Å². The molecule has 0 saturated heterocycles. The molecule has 3 heteroatoms. The molecule has 0 bridgehead atoms. The zero-order valence-corrected chi connectivity index (χ0v) is 13.2. The smallest absolute Gasteiger partial charge is 0.223 e. The number of amides is 1. The zero-order chi connectivity index (χ0) is 14.7. The Labute approximate surface area is 130 Å². The van der Waals surface area contributed by atoms with Gasteiger partial charge in [0.1, 0.15) is 0 Å². The zero-order valence-electron chi connectivity index (χ0n) is 12.3. The summed E-state index contributed by atoms with van der Waals surface area (Å²) >= 11 is 1.70. The highest BCUT2D eigenvalue weighted by molar-refractivity contribution is 7.10. The number of carbonyl (C=O) groups excluding carboxylic acids is 1. The maximum Gasteiger partial charge on any atom is 0.223 e. The Morgan fingerprint density at radius 2 is 2.05 bits per heavy atom. The summed E-state index contributed by atoms with van der Waals surface area (Å²) in [5.41, 5.74) is 2.53. The van der Waals surface area contributed by atoms with Crippen molar-refractivity contribution in [3.8, 4) is 0 Å². The normalized spacial score (nSPS) is 15.7. The molecule has 0 aliphatic heterocycles. The fourth-order valence-electron chi connectivity index (χ4n) is 2.55. The molecule has 1 aliphatic carbocycles. The van der Waals surface area contributed by atoms with Crippen LogP contribution in [-0.4, -0.2) is 5.91 Å². The van der Waals surface area contributed by atoms with Crippen LogP contribution in [0.2, 0.25) is 0 Å². The summed E-state index contributed by atoms with van der Waals surface area (Å²) in [6.07, 6.45) is 4.35. The van der Waals surface area contributed by atoms with Gasteiger partial charge in [-0.05, 0) is 41.8 Å². The van der Waals surface area contributed by atoms with E-state index >= 15 is 0 Å². The van der Waals surface area contributed by atoms with Crippen LogP contribution >= 0.6 is 11.3 Å². The molecule has 0 radical (unpaired) electrons. The first-order chi connectivity index (χ1) is 10.3. The van der Waals surface area contributed by atoms with E-state index in [0.29, 0.717) is 0 Å². The average molecular weight is 299 g/mol. The van der Waals surface area contributed by atoms with Crippen molar-refractivity contribution in [3.63, 3.8) is 0 Å². The molecule has 110 valence electrons. The van der Waals surface area contributed by atoms with Gasteiger partial charge in [-0.15, -0.1) is 11.3 Å². The van der Waals surface area contributed by atoms with Gasteiger partial charge >= 0.3 is 0 Å². The molecule has 1 unspecified atom stereocenters. The van der Waals surface area contributed by atoms with Gasteiger partial charge in [-0.1, -0.05) is 43.7 Å². The van der Waals surface area contributed by atoms with E-state index in [9.17, 15) is 4.79 Å². The van der Waals surface area contributed by atoms with E-state index in [1.807, 2.05) is 6.07 Å². The van der Waals surface area contributed by atoms with Gasteiger partial charge in [0.05, 0.1) is 6.04 Å². The highest BCUT2D eigenvalue weighted by Crippen LogP contribution is 2.32. The van der Waals surface area contributed by atoms with E-state index in [1.165, 1.54) is 16.0 Å². The minimum absolute atomic E-state index is 0.00576. The summed E-state index contributed by atoms with van der Waals surface area (Å²) in [7, 11) is 0. The first kappa shape index (κ1) is 14.3. The second-order valence-corrected chi connectivity index (χ2v) is 6.70. The quantitative estimate of drug-likeness (QED) is 0.846.